The van der Waals surface area contributed by atoms with Crippen LogP contribution in [-0.4, -0.2) is 22.6 Å². The van der Waals surface area contributed by atoms with E-state index >= 15 is 0 Å². The molecule has 0 amide bonds. The first-order valence-corrected chi connectivity index (χ1v) is 7.16. The molecule has 1 saturated heterocycles. The topological polar surface area (TPSA) is 22.1 Å². The van der Waals surface area contributed by atoms with Gasteiger partial charge in [-0.3, -0.25) is 4.98 Å². The summed E-state index contributed by atoms with van der Waals surface area (Å²) in [5.41, 5.74) is 1.07. The van der Waals surface area contributed by atoms with Crippen molar-refractivity contribution in [3.05, 3.63) is 30.1 Å². The van der Waals surface area contributed by atoms with Crippen molar-refractivity contribution in [1.82, 2.24) is 4.98 Å². The Morgan fingerprint density at radius 3 is 2.44 bits per heavy atom. The van der Waals surface area contributed by atoms with E-state index in [1.54, 1.807) is 0 Å². The van der Waals surface area contributed by atoms with E-state index in [1.165, 1.54) is 0 Å². The lowest BCUT2D eigenvalue weighted by Gasteiger charge is -2.28. The van der Waals surface area contributed by atoms with Crippen molar-refractivity contribution in [2.45, 2.75) is 51.2 Å². The minimum Gasteiger partial charge on any atom is -0.375 e. The van der Waals surface area contributed by atoms with Crippen molar-refractivity contribution in [1.29, 1.82) is 0 Å². The van der Waals surface area contributed by atoms with E-state index in [9.17, 15) is 0 Å². The largest absolute Gasteiger partial charge is 0.375 e. The molecule has 0 saturated carbocycles. The average molecular weight is 268 g/mol. The first-order valence-electron chi connectivity index (χ1n) is 6.72. The van der Waals surface area contributed by atoms with Crippen LogP contribution in [-0.2, 0) is 4.74 Å². The number of alkyl halides is 1. The van der Waals surface area contributed by atoms with Gasteiger partial charge in [0.1, 0.15) is 0 Å². The molecule has 0 spiro atoms. The second-order valence-corrected chi connectivity index (χ2v) is 5.97. The third kappa shape index (κ3) is 2.55. The van der Waals surface area contributed by atoms with Gasteiger partial charge in [-0.1, -0.05) is 19.9 Å². The Balaban J connectivity index is 2.14. The lowest BCUT2D eigenvalue weighted by Crippen LogP contribution is -2.31. The Hall–Kier alpha value is -0.600. The van der Waals surface area contributed by atoms with Gasteiger partial charge in [-0.15, -0.1) is 11.6 Å². The number of halogens is 1. The van der Waals surface area contributed by atoms with E-state index in [-0.39, 0.29) is 17.4 Å². The summed E-state index contributed by atoms with van der Waals surface area (Å²) in [5, 5.41) is 0.0647. The van der Waals surface area contributed by atoms with Gasteiger partial charge in [0.2, 0.25) is 0 Å². The standard InChI is InChI=1S/C15H22ClNO/c1-9-11(3)18-12(4)14(9)15(16)10(2)13-7-5-6-8-17-13/h5-12,14-15H,1-4H3. The van der Waals surface area contributed by atoms with Crippen LogP contribution in [0.25, 0.3) is 0 Å². The molecule has 18 heavy (non-hydrogen) atoms. The molecule has 2 heterocycles. The second kappa shape index (κ2) is 5.58. The van der Waals surface area contributed by atoms with Gasteiger partial charge < -0.3 is 4.74 Å². The van der Waals surface area contributed by atoms with Crippen molar-refractivity contribution in [2.24, 2.45) is 11.8 Å². The summed E-state index contributed by atoms with van der Waals surface area (Å²) in [6, 6.07) is 6.00. The number of hydrogen-bond acceptors (Lipinski definition) is 2. The minimum atomic E-state index is 0.0647. The van der Waals surface area contributed by atoms with E-state index in [0.29, 0.717) is 17.9 Å². The second-order valence-electron chi connectivity index (χ2n) is 5.47. The zero-order valence-electron chi connectivity index (χ0n) is 11.5. The minimum absolute atomic E-state index is 0.0647. The van der Waals surface area contributed by atoms with E-state index in [0.717, 1.165) is 5.69 Å². The molecule has 0 aliphatic carbocycles. The van der Waals surface area contributed by atoms with Gasteiger partial charge in [0.25, 0.3) is 0 Å². The molecule has 3 heteroatoms. The van der Waals surface area contributed by atoms with E-state index in [4.69, 9.17) is 16.3 Å². The fourth-order valence-electron chi connectivity index (χ4n) is 2.98. The number of nitrogens with zero attached hydrogens (tertiary/aromatic N) is 1. The van der Waals surface area contributed by atoms with E-state index in [2.05, 4.69) is 38.7 Å². The van der Waals surface area contributed by atoms with Crippen molar-refractivity contribution in [3.63, 3.8) is 0 Å². The van der Waals surface area contributed by atoms with Gasteiger partial charge in [-0.05, 0) is 31.9 Å². The fourth-order valence-corrected chi connectivity index (χ4v) is 3.55. The van der Waals surface area contributed by atoms with Crippen LogP contribution in [0.4, 0.5) is 0 Å². The Morgan fingerprint density at radius 1 is 1.22 bits per heavy atom. The third-order valence-corrected chi connectivity index (χ3v) is 4.99. The molecule has 0 aromatic carbocycles. The van der Waals surface area contributed by atoms with Gasteiger partial charge in [0, 0.05) is 29.1 Å². The summed E-state index contributed by atoms with van der Waals surface area (Å²) in [5.74, 6) is 1.13. The molecular weight excluding hydrogens is 246 g/mol. The van der Waals surface area contributed by atoms with Crippen molar-refractivity contribution >= 4 is 11.6 Å². The molecule has 0 radical (unpaired) electrons. The van der Waals surface area contributed by atoms with Crippen LogP contribution in [0.5, 0.6) is 0 Å². The predicted octanol–water partition coefficient (Wildman–Crippen LogP) is 3.85. The monoisotopic (exact) mass is 267 g/mol. The number of ether oxygens (including phenoxy) is 1. The number of pyridine rings is 1. The maximum absolute atomic E-state index is 6.71. The summed E-state index contributed by atoms with van der Waals surface area (Å²) in [6.07, 6.45) is 2.35. The summed E-state index contributed by atoms with van der Waals surface area (Å²) < 4.78 is 5.89. The van der Waals surface area contributed by atoms with Gasteiger partial charge in [0.05, 0.1) is 12.2 Å². The predicted molar refractivity (Wildman–Crippen MR) is 75.0 cm³/mol. The fraction of sp³-hybridized carbons (Fsp3) is 0.667. The van der Waals surface area contributed by atoms with Crippen LogP contribution >= 0.6 is 11.6 Å². The molecule has 0 bridgehead atoms. The van der Waals surface area contributed by atoms with Crippen LogP contribution in [0.2, 0.25) is 0 Å². The highest BCUT2D eigenvalue weighted by molar-refractivity contribution is 6.21. The van der Waals surface area contributed by atoms with Crippen LogP contribution in [0, 0.1) is 11.8 Å². The molecule has 2 rings (SSSR count). The van der Waals surface area contributed by atoms with Crippen LogP contribution in [0.1, 0.15) is 39.3 Å². The Kier molecular flexibility index (Phi) is 4.29. The summed E-state index contributed by atoms with van der Waals surface area (Å²) in [7, 11) is 0. The average Bonchev–Trinajstić information content (AvgIpc) is 2.63. The van der Waals surface area contributed by atoms with Gasteiger partial charge in [0.15, 0.2) is 0 Å². The molecule has 0 N–H and O–H groups in total. The lowest BCUT2D eigenvalue weighted by atomic mass is 9.81. The van der Waals surface area contributed by atoms with Gasteiger partial charge >= 0.3 is 0 Å². The lowest BCUT2D eigenvalue weighted by molar-refractivity contribution is 0.0503. The molecule has 6 atom stereocenters. The highest BCUT2D eigenvalue weighted by atomic mass is 35.5. The zero-order chi connectivity index (χ0) is 13.3. The SMILES string of the molecule is CC1OC(C)C(C(Cl)C(C)c2ccccn2)C1C. The Morgan fingerprint density at radius 2 is 1.94 bits per heavy atom. The van der Waals surface area contributed by atoms with Crippen LogP contribution in [0.15, 0.2) is 24.4 Å². The first kappa shape index (κ1) is 13.8. The number of rotatable bonds is 3. The van der Waals surface area contributed by atoms with Gasteiger partial charge in [-0.25, -0.2) is 0 Å². The van der Waals surface area contributed by atoms with Crippen molar-refractivity contribution < 1.29 is 4.74 Å². The number of aromatic nitrogens is 1. The molecule has 1 aliphatic rings. The first-order chi connectivity index (χ1) is 8.52. The highest BCUT2D eigenvalue weighted by Crippen LogP contribution is 2.41. The smallest absolute Gasteiger partial charge is 0.0596 e. The van der Waals surface area contributed by atoms with E-state index in [1.807, 2.05) is 18.3 Å². The highest BCUT2D eigenvalue weighted by Gasteiger charge is 2.43. The molecular formula is C15H22ClNO. The van der Waals surface area contributed by atoms with Crippen molar-refractivity contribution in [3.8, 4) is 0 Å². The Bertz CT molecular complexity index is 383. The summed E-state index contributed by atoms with van der Waals surface area (Å²) in [6.45, 7) is 8.66. The third-order valence-electron chi connectivity index (χ3n) is 4.32. The van der Waals surface area contributed by atoms with Gasteiger partial charge in [-0.2, -0.15) is 0 Å². The molecule has 1 aliphatic heterocycles. The molecule has 1 aromatic rings. The Labute approximate surface area is 115 Å². The zero-order valence-corrected chi connectivity index (χ0v) is 12.3. The summed E-state index contributed by atoms with van der Waals surface area (Å²) in [4.78, 5) is 4.41. The normalized spacial score (nSPS) is 35.4. The van der Waals surface area contributed by atoms with E-state index < -0.39 is 0 Å². The quantitative estimate of drug-likeness (QED) is 0.776. The number of hydrogen-bond donors (Lipinski definition) is 0. The van der Waals surface area contributed by atoms with Crippen LogP contribution < -0.4 is 0 Å². The molecule has 6 unspecified atom stereocenters. The summed E-state index contributed by atoms with van der Waals surface area (Å²) >= 11 is 6.71. The molecule has 2 nitrogen and oxygen atoms in total. The maximum Gasteiger partial charge on any atom is 0.0596 e. The van der Waals surface area contributed by atoms with Crippen LogP contribution in [0.3, 0.4) is 0 Å². The molecule has 100 valence electrons. The molecule has 1 fully saturated rings. The maximum atomic E-state index is 6.71. The molecule has 1 aromatic heterocycles. The van der Waals surface area contributed by atoms with Crippen molar-refractivity contribution in [2.75, 3.05) is 0 Å².